The van der Waals surface area contributed by atoms with E-state index in [1.807, 2.05) is 0 Å². The maximum Gasteiger partial charge on any atom is 0.0347 e. The highest BCUT2D eigenvalue weighted by Crippen LogP contribution is 2.59. The monoisotopic (exact) mass is 304 g/mol. The third-order valence-electron chi connectivity index (χ3n) is 8.01. The SMILES string of the molecule is C[C@@H]1CC[C@@H]2[C@@H](C1)N1N([C@H]3C[C@H](C)CC[C@H]3C1(C)C)C2(C)C. The molecule has 2 heteroatoms. The molecule has 2 heterocycles. The van der Waals surface area contributed by atoms with Crippen LogP contribution >= 0.6 is 0 Å². The fourth-order valence-corrected chi connectivity index (χ4v) is 6.96. The normalized spacial score (nSPS) is 50.5. The van der Waals surface area contributed by atoms with Gasteiger partial charge in [0.05, 0.1) is 0 Å². The first-order valence-electron chi connectivity index (χ1n) is 9.83. The van der Waals surface area contributed by atoms with Gasteiger partial charge in [0.2, 0.25) is 0 Å². The maximum atomic E-state index is 2.92. The molecule has 0 N–H and O–H groups in total. The van der Waals surface area contributed by atoms with Crippen LogP contribution in [0, 0.1) is 23.7 Å². The van der Waals surface area contributed by atoms with Gasteiger partial charge in [-0.15, -0.1) is 0 Å². The van der Waals surface area contributed by atoms with Crippen LogP contribution in [-0.4, -0.2) is 33.2 Å². The van der Waals surface area contributed by atoms with Crippen molar-refractivity contribution in [2.45, 2.75) is 103 Å². The summed E-state index contributed by atoms with van der Waals surface area (Å²) in [5, 5.41) is 5.83. The molecule has 2 nitrogen and oxygen atoms in total. The van der Waals surface area contributed by atoms with Crippen molar-refractivity contribution in [3.05, 3.63) is 0 Å². The van der Waals surface area contributed by atoms with E-state index in [1.165, 1.54) is 38.5 Å². The summed E-state index contributed by atoms with van der Waals surface area (Å²) in [6.07, 6.45) is 8.60. The number of nitrogens with zero attached hydrogens (tertiary/aromatic N) is 2. The quantitative estimate of drug-likeness (QED) is 0.640. The van der Waals surface area contributed by atoms with Gasteiger partial charge in [0.1, 0.15) is 0 Å². The zero-order valence-corrected chi connectivity index (χ0v) is 15.6. The van der Waals surface area contributed by atoms with Crippen LogP contribution in [0.1, 0.15) is 80.1 Å². The van der Waals surface area contributed by atoms with E-state index in [1.54, 1.807) is 0 Å². The molecule has 0 bridgehead atoms. The van der Waals surface area contributed by atoms with Gasteiger partial charge in [-0.3, -0.25) is 0 Å². The Bertz CT molecular complexity index is 413. The Morgan fingerprint density at radius 3 is 1.36 bits per heavy atom. The average molecular weight is 305 g/mol. The van der Waals surface area contributed by atoms with Crippen molar-refractivity contribution >= 4 is 0 Å². The van der Waals surface area contributed by atoms with E-state index < -0.39 is 0 Å². The minimum absolute atomic E-state index is 0.360. The summed E-state index contributed by atoms with van der Waals surface area (Å²) < 4.78 is 0. The predicted molar refractivity (Wildman–Crippen MR) is 92.4 cm³/mol. The molecule has 0 aromatic rings. The van der Waals surface area contributed by atoms with Crippen molar-refractivity contribution in [2.24, 2.45) is 23.7 Å². The zero-order chi connectivity index (χ0) is 15.9. The molecule has 126 valence electrons. The fraction of sp³-hybridized carbons (Fsp3) is 1.00. The molecule has 4 aliphatic rings. The second kappa shape index (κ2) is 4.72. The Labute approximate surface area is 137 Å². The van der Waals surface area contributed by atoms with Crippen LogP contribution in [-0.2, 0) is 0 Å². The first-order valence-corrected chi connectivity index (χ1v) is 9.83. The van der Waals surface area contributed by atoms with Gasteiger partial charge in [0.15, 0.2) is 0 Å². The molecule has 22 heavy (non-hydrogen) atoms. The predicted octanol–water partition coefficient (Wildman–Crippen LogP) is 4.70. The molecular weight excluding hydrogens is 268 g/mol. The van der Waals surface area contributed by atoms with Gasteiger partial charge >= 0.3 is 0 Å². The second-order valence-corrected chi connectivity index (χ2v) is 10.2. The van der Waals surface area contributed by atoms with Gasteiger partial charge in [-0.25, -0.2) is 10.0 Å². The Hall–Kier alpha value is -0.0800. The third kappa shape index (κ3) is 1.86. The standard InChI is InChI=1S/C20H36N2/c1-13-7-9-15-17(11-13)21-20(5,6)16-10-8-14(2)12-18(16)22(21)19(15,3)4/h13-18H,7-12H2,1-6H3/t13-,14-,15-,16-,17-,18+/m1/s1. The molecule has 0 radical (unpaired) electrons. The largest absolute Gasteiger partial charge is 0.232 e. The number of fused-ring (bicyclic) bond motifs is 5. The highest BCUT2D eigenvalue weighted by molar-refractivity contribution is 5.16. The Morgan fingerprint density at radius 1 is 0.636 bits per heavy atom. The smallest absolute Gasteiger partial charge is 0.0347 e. The molecule has 2 aliphatic heterocycles. The Kier molecular flexibility index (Phi) is 3.32. The lowest BCUT2D eigenvalue weighted by atomic mass is 9.67. The molecule has 0 aromatic heterocycles. The van der Waals surface area contributed by atoms with Crippen molar-refractivity contribution in [3.63, 3.8) is 0 Å². The molecule has 2 aliphatic carbocycles. The highest BCUT2D eigenvalue weighted by Gasteiger charge is 2.66. The molecular formula is C20H36N2. The van der Waals surface area contributed by atoms with Crippen LogP contribution < -0.4 is 0 Å². The van der Waals surface area contributed by atoms with Crippen molar-refractivity contribution in [3.8, 4) is 0 Å². The van der Waals surface area contributed by atoms with E-state index in [2.05, 4.69) is 51.6 Å². The second-order valence-electron chi connectivity index (χ2n) is 10.2. The van der Waals surface area contributed by atoms with Gasteiger partial charge in [-0.1, -0.05) is 26.7 Å². The average Bonchev–Trinajstić information content (AvgIpc) is 2.79. The van der Waals surface area contributed by atoms with Crippen molar-refractivity contribution < 1.29 is 0 Å². The summed E-state index contributed by atoms with van der Waals surface area (Å²) in [5.41, 5.74) is 0.719. The molecule has 0 amide bonds. The van der Waals surface area contributed by atoms with Crippen LogP contribution in [0.25, 0.3) is 0 Å². The van der Waals surface area contributed by atoms with E-state index in [0.29, 0.717) is 11.1 Å². The van der Waals surface area contributed by atoms with Crippen LogP contribution in [0.4, 0.5) is 0 Å². The minimum Gasteiger partial charge on any atom is -0.232 e. The van der Waals surface area contributed by atoms with E-state index in [0.717, 1.165) is 35.8 Å². The molecule has 0 aromatic carbocycles. The minimum atomic E-state index is 0.360. The summed E-state index contributed by atoms with van der Waals surface area (Å²) >= 11 is 0. The van der Waals surface area contributed by atoms with Gasteiger partial charge < -0.3 is 0 Å². The number of hydrazine groups is 1. The Morgan fingerprint density at radius 2 is 1.00 bits per heavy atom. The van der Waals surface area contributed by atoms with Crippen molar-refractivity contribution in [1.82, 2.24) is 10.0 Å². The molecule has 2 saturated heterocycles. The lowest BCUT2D eigenvalue weighted by Crippen LogP contribution is -2.51. The lowest BCUT2D eigenvalue weighted by Gasteiger charge is -2.44. The molecule has 6 atom stereocenters. The van der Waals surface area contributed by atoms with Crippen molar-refractivity contribution in [1.29, 1.82) is 0 Å². The number of hydrogen-bond donors (Lipinski definition) is 0. The maximum absolute atomic E-state index is 2.92. The van der Waals surface area contributed by atoms with Gasteiger partial charge in [0, 0.05) is 23.2 Å². The van der Waals surface area contributed by atoms with Crippen molar-refractivity contribution in [2.75, 3.05) is 0 Å². The van der Waals surface area contributed by atoms with E-state index >= 15 is 0 Å². The topological polar surface area (TPSA) is 6.48 Å². The molecule has 2 saturated carbocycles. The van der Waals surface area contributed by atoms with Crippen LogP contribution in [0.2, 0.25) is 0 Å². The van der Waals surface area contributed by atoms with Gasteiger partial charge in [-0.2, -0.15) is 0 Å². The fourth-order valence-electron chi connectivity index (χ4n) is 6.96. The molecule has 4 rings (SSSR count). The van der Waals surface area contributed by atoms with Crippen LogP contribution in [0.5, 0.6) is 0 Å². The third-order valence-corrected chi connectivity index (χ3v) is 8.01. The van der Waals surface area contributed by atoms with Gasteiger partial charge in [-0.05, 0) is 77.0 Å². The highest BCUT2D eigenvalue weighted by atomic mass is 15.7. The molecule has 0 unspecified atom stereocenters. The number of rotatable bonds is 0. The summed E-state index contributed by atoms with van der Waals surface area (Å²) in [6, 6.07) is 1.60. The van der Waals surface area contributed by atoms with Gasteiger partial charge in [0.25, 0.3) is 0 Å². The zero-order valence-electron chi connectivity index (χ0n) is 15.6. The lowest BCUT2D eigenvalue weighted by molar-refractivity contribution is -0.0829. The first kappa shape index (κ1) is 15.4. The summed E-state index contributed by atoms with van der Waals surface area (Å²) in [6.45, 7) is 15.2. The molecule has 4 fully saturated rings. The summed E-state index contributed by atoms with van der Waals surface area (Å²) in [5.74, 6) is 3.58. The Balaban J connectivity index is 1.76. The van der Waals surface area contributed by atoms with E-state index in [9.17, 15) is 0 Å². The van der Waals surface area contributed by atoms with E-state index in [4.69, 9.17) is 0 Å². The first-order chi connectivity index (χ1) is 10.2. The molecule has 0 spiro atoms. The summed E-state index contributed by atoms with van der Waals surface area (Å²) in [7, 11) is 0. The van der Waals surface area contributed by atoms with Crippen LogP contribution in [0.3, 0.4) is 0 Å². The summed E-state index contributed by atoms with van der Waals surface area (Å²) in [4.78, 5) is 0. The van der Waals surface area contributed by atoms with E-state index in [-0.39, 0.29) is 0 Å². The number of hydrogen-bond acceptors (Lipinski definition) is 2. The van der Waals surface area contributed by atoms with Crippen LogP contribution in [0.15, 0.2) is 0 Å².